The number of aromatic nitrogens is 1. The second-order valence-electron chi connectivity index (χ2n) is 6.93. The molecule has 0 amide bonds. The van der Waals surface area contributed by atoms with Gasteiger partial charge in [0.15, 0.2) is 0 Å². The average Bonchev–Trinajstić information content (AvgIpc) is 2.87. The fourth-order valence-corrected chi connectivity index (χ4v) is 4.34. The molecule has 1 N–H and O–H groups in total. The number of hydrogen-bond acceptors (Lipinski definition) is 1. The summed E-state index contributed by atoms with van der Waals surface area (Å²) in [6.07, 6.45) is 6.44. The van der Waals surface area contributed by atoms with Crippen molar-refractivity contribution in [3.8, 4) is 0 Å². The topological polar surface area (TPSA) is 25.0 Å². The summed E-state index contributed by atoms with van der Waals surface area (Å²) in [6.45, 7) is 4.57. The summed E-state index contributed by atoms with van der Waals surface area (Å²) in [5.41, 5.74) is 6.48. The summed E-state index contributed by atoms with van der Waals surface area (Å²) in [7, 11) is 1.77. The Morgan fingerprint density at radius 1 is 1.22 bits per heavy atom. The molecule has 0 spiro atoms. The third-order valence-electron chi connectivity index (χ3n) is 5.30. The van der Waals surface area contributed by atoms with Gasteiger partial charge in [0, 0.05) is 29.1 Å². The van der Waals surface area contributed by atoms with E-state index in [2.05, 4.69) is 31.0 Å². The molecule has 23 heavy (non-hydrogen) atoms. The maximum absolute atomic E-state index is 6.25. The minimum atomic E-state index is -0.0531. The Kier molecular flexibility index (Phi) is 3.42. The number of ether oxygens (including phenoxy) is 1. The van der Waals surface area contributed by atoms with E-state index in [9.17, 15) is 0 Å². The van der Waals surface area contributed by atoms with Gasteiger partial charge < -0.3 is 9.72 Å². The zero-order chi connectivity index (χ0) is 16.4. The molecule has 1 aromatic carbocycles. The third-order valence-corrected chi connectivity index (χ3v) is 6.02. The zero-order valence-corrected chi connectivity index (χ0v) is 15.0. The minimum absolute atomic E-state index is 0.0531. The molecule has 2 aliphatic rings. The quantitative estimate of drug-likeness (QED) is 0.715. The lowest BCUT2D eigenvalue weighted by Gasteiger charge is -2.38. The Morgan fingerprint density at radius 3 is 2.70 bits per heavy atom. The van der Waals surface area contributed by atoms with Crippen LogP contribution in [0.25, 0.3) is 10.9 Å². The van der Waals surface area contributed by atoms with Gasteiger partial charge in [0.05, 0.1) is 16.1 Å². The van der Waals surface area contributed by atoms with Crippen molar-refractivity contribution in [2.45, 2.75) is 38.2 Å². The van der Waals surface area contributed by atoms with Gasteiger partial charge in [-0.2, -0.15) is 0 Å². The van der Waals surface area contributed by atoms with E-state index in [0.29, 0.717) is 10.0 Å². The van der Waals surface area contributed by atoms with E-state index in [4.69, 9.17) is 27.9 Å². The highest BCUT2D eigenvalue weighted by Gasteiger charge is 2.38. The Hall–Kier alpha value is -1.22. The van der Waals surface area contributed by atoms with Crippen LogP contribution in [0.15, 0.2) is 35.4 Å². The van der Waals surface area contributed by atoms with E-state index in [-0.39, 0.29) is 11.5 Å². The van der Waals surface area contributed by atoms with Crippen LogP contribution >= 0.6 is 23.2 Å². The van der Waals surface area contributed by atoms with E-state index in [0.717, 1.165) is 18.4 Å². The first-order valence-corrected chi connectivity index (χ1v) is 8.61. The van der Waals surface area contributed by atoms with Crippen LogP contribution in [0.2, 0.25) is 10.0 Å². The van der Waals surface area contributed by atoms with Crippen LogP contribution in [0.3, 0.4) is 0 Å². The maximum Gasteiger partial charge on any atom is 0.0792 e. The van der Waals surface area contributed by atoms with E-state index in [1.165, 1.54) is 27.8 Å². The van der Waals surface area contributed by atoms with E-state index in [1.807, 2.05) is 12.1 Å². The van der Waals surface area contributed by atoms with Crippen LogP contribution in [0.4, 0.5) is 0 Å². The Bertz CT molecular complexity index is 873. The highest BCUT2D eigenvalue weighted by molar-refractivity contribution is 6.42. The lowest BCUT2D eigenvalue weighted by atomic mass is 9.68. The molecule has 2 nitrogen and oxygen atoms in total. The molecule has 4 rings (SSSR count). The molecular formula is C19H19Cl2NO. The van der Waals surface area contributed by atoms with Crippen molar-refractivity contribution in [1.82, 2.24) is 4.98 Å². The molecule has 0 bridgehead atoms. The molecule has 2 aromatic rings. The molecule has 1 atom stereocenters. The van der Waals surface area contributed by atoms with Gasteiger partial charge in [0.2, 0.25) is 0 Å². The number of aromatic amines is 1. The van der Waals surface area contributed by atoms with Crippen molar-refractivity contribution in [1.29, 1.82) is 0 Å². The van der Waals surface area contributed by atoms with Gasteiger partial charge >= 0.3 is 0 Å². The number of fused-ring (bicyclic) bond motifs is 3. The maximum atomic E-state index is 6.25. The predicted octanol–water partition coefficient (Wildman–Crippen LogP) is 5.58. The Morgan fingerprint density at radius 2 is 1.96 bits per heavy atom. The molecule has 120 valence electrons. The normalized spacial score (nSPS) is 22.4. The number of H-pyrrole nitrogens is 1. The number of nitrogens with one attached hydrogen (secondary N) is 1. The molecule has 1 heterocycles. The van der Waals surface area contributed by atoms with Crippen molar-refractivity contribution < 1.29 is 4.74 Å². The number of rotatable bonds is 1. The van der Waals surface area contributed by atoms with Crippen LogP contribution in [0.5, 0.6) is 0 Å². The second-order valence-corrected chi connectivity index (χ2v) is 7.75. The van der Waals surface area contributed by atoms with Crippen molar-refractivity contribution in [2.75, 3.05) is 7.11 Å². The third kappa shape index (κ3) is 2.20. The fraction of sp³-hybridized carbons (Fsp3) is 0.368. The SMILES string of the molecule is CO[C@H]1C=CC2=C(C1)C(C)(C)c1[nH]c3cc(Cl)c(Cl)cc3c1C2. The van der Waals surface area contributed by atoms with E-state index in [1.54, 1.807) is 7.11 Å². The van der Waals surface area contributed by atoms with Crippen LogP contribution < -0.4 is 0 Å². The first kappa shape index (κ1) is 15.3. The zero-order valence-electron chi connectivity index (χ0n) is 13.5. The van der Waals surface area contributed by atoms with Crippen LogP contribution in [0, 0.1) is 0 Å². The number of methoxy groups -OCH3 is 1. The summed E-state index contributed by atoms with van der Waals surface area (Å²) in [4.78, 5) is 3.60. The number of hydrogen-bond donors (Lipinski definition) is 1. The van der Waals surface area contributed by atoms with Gasteiger partial charge in [-0.25, -0.2) is 0 Å². The molecule has 4 heteroatoms. The smallest absolute Gasteiger partial charge is 0.0792 e. The first-order chi connectivity index (χ1) is 10.9. The molecule has 0 unspecified atom stereocenters. The molecule has 1 aromatic heterocycles. The summed E-state index contributed by atoms with van der Waals surface area (Å²) in [5.74, 6) is 0. The standard InChI is InChI=1S/C19H19Cl2NO/c1-19(2)14-7-11(23-3)5-4-10(14)6-13-12-8-15(20)16(21)9-17(12)22-18(13)19/h4-5,8-9,11,22H,6-7H2,1-3H3/t11-/m0/s1. The second kappa shape index (κ2) is 5.14. The molecule has 0 saturated carbocycles. The summed E-state index contributed by atoms with van der Waals surface area (Å²) in [6, 6.07) is 3.92. The van der Waals surface area contributed by atoms with Crippen LogP contribution in [0.1, 0.15) is 31.5 Å². The number of halogens is 2. The molecule has 0 fully saturated rings. The van der Waals surface area contributed by atoms with Crippen LogP contribution in [-0.2, 0) is 16.6 Å². The summed E-state index contributed by atoms with van der Waals surface area (Å²) < 4.78 is 5.55. The lowest BCUT2D eigenvalue weighted by Crippen LogP contribution is -2.31. The highest BCUT2D eigenvalue weighted by Crippen LogP contribution is 2.47. The summed E-state index contributed by atoms with van der Waals surface area (Å²) in [5, 5.41) is 2.38. The van der Waals surface area contributed by atoms with Gasteiger partial charge in [0.1, 0.15) is 0 Å². The van der Waals surface area contributed by atoms with E-state index < -0.39 is 0 Å². The average molecular weight is 348 g/mol. The van der Waals surface area contributed by atoms with E-state index >= 15 is 0 Å². The molecule has 0 saturated heterocycles. The van der Waals surface area contributed by atoms with Crippen molar-refractivity contribution in [2.24, 2.45) is 0 Å². The van der Waals surface area contributed by atoms with Crippen LogP contribution in [-0.4, -0.2) is 18.2 Å². The molecule has 0 radical (unpaired) electrons. The Labute approximate surface area is 146 Å². The van der Waals surface area contributed by atoms with Gasteiger partial charge in [-0.15, -0.1) is 0 Å². The largest absolute Gasteiger partial charge is 0.377 e. The molecule has 2 aliphatic carbocycles. The predicted molar refractivity (Wildman–Crippen MR) is 96.6 cm³/mol. The molecule has 0 aliphatic heterocycles. The molecular weight excluding hydrogens is 329 g/mol. The lowest BCUT2D eigenvalue weighted by molar-refractivity contribution is 0.136. The van der Waals surface area contributed by atoms with Gasteiger partial charge in [-0.3, -0.25) is 0 Å². The van der Waals surface area contributed by atoms with Gasteiger partial charge in [-0.1, -0.05) is 54.8 Å². The number of allylic oxidation sites excluding steroid dienone is 2. The first-order valence-electron chi connectivity index (χ1n) is 7.85. The Balaban J connectivity index is 1.92. The van der Waals surface area contributed by atoms with Gasteiger partial charge in [-0.05, 0) is 36.1 Å². The van der Waals surface area contributed by atoms with Crippen molar-refractivity contribution >= 4 is 34.1 Å². The fourth-order valence-electron chi connectivity index (χ4n) is 4.01. The minimum Gasteiger partial charge on any atom is -0.377 e. The number of benzene rings is 1. The van der Waals surface area contributed by atoms with Crippen molar-refractivity contribution in [3.05, 3.63) is 56.7 Å². The van der Waals surface area contributed by atoms with Gasteiger partial charge in [0.25, 0.3) is 0 Å². The monoisotopic (exact) mass is 347 g/mol. The van der Waals surface area contributed by atoms with Crippen molar-refractivity contribution in [3.63, 3.8) is 0 Å². The summed E-state index contributed by atoms with van der Waals surface area (Å²) >= 11 is 12.4. The highest BCUT2D eigenvalue weighted by atomic mass is 35.5.